The molecule has 3 nitrogen and oxygen atoms in total. The third-order valence-electron chi connectivity index (χ3n) is 2.19. The average Bonchev–Trinajstić information content (AvgIpc) is 2.54. The molecule has 1 N–H and O–H groups in total. The van der Waals surface area contributed by atoms with Gasteiger partial charge in [0.1, 0.15) is 0 Å². The third-order valence-corrected chi connectivity index (χ3v) is 2.19. The summed E-state index contributed by atoms with van der Waals surface area (Å²) in [7, 11) is 0. The molecular weight excluding hydrogens is 152 g/mol. The molecule has 1 saturated heterocycles. The second kappa shape index (κ2) is 3.11. The van der Waals surface area contributed by atoms with Crippen LogP contribution in [-0.4, -0.2) is 29.3 Å². The Bertz CT molecular complexity index is 250. The molecule has 0 saturated carbocycles. The van der Waals surface area contributed by atoms with Crippen molar-refractivity contribution in [2.24, 2.45) is 0 Å². The number of pyridine rings is 1. The van der Waals surface area contributed by atoms with Crippen LogP contribution in [-0.2, 0) is 0 Å². The van der Waals surface area contributed by atoms with Crippen molar-refractivity contribution in [2.75, 3.05) is 18.0 Å². The van der Waals surface area contributed by atoms with Crippen LogP contribution in [0.5, 0.6) is 0 Å². The minimum Gasteiger partial charge on any atom is -0.391 e. The molecule has 64 valence electrons. The van der Waals surface area contributed by atoms with E-state index < -0.39 is 0 Å². The second-order valence-corrected chi connectivity index (χ2v) is 3.09. The van der Waals surface area contributed by atoms with Gasteiger partial charge in [0.25, 0.3) is 0 Å². The molecule has 0 spiro atoms. The number of rotatable bonds is 1. The molecule has 0 radical (unpaired) electrons. The Hall–Kier alpha value is -1.09. The number of aliphatic hydroxyl groups excluding tert-OH is 1. The molecule has 1 aliphatic heterocycles. The van der Waals surface area contributed by atoms with Crippen LogP contribution in [0, 0.1) is 0 Å². The van der Waals surface area contributed by atoms with Gasteiger partial charge in [-0.2, -0.15) is 0 Å². The number of anilines is 1. The highest BCUT2D eigenvalue weighted by atomic mass is 16.3. The Morgan fingerprint density at radius 1 is 1.42 bits per heavy atom. The summed E-state index contributed by atoms with van der Waals surface area (Å²) < 4.78 is 0. The normalized spacial score (nSPS) is 23.1. The van der Waals surface area contributed by atoms with Gasteiger partial charge in [-0.25, -0.2) is 0 Å². The zero-order valence-electron chi connectivity index (χ0n) is 6.85. The van der Waals surface area contributed by atoms with E-state index in [-0.39, 0.29) is 6.10 Å². The first kappa shape index (κ1) is 7.55. The maximum absolute atomic E-state index is 9.30. The number of hydrogen-bond donors (Lipinski definition) is 1. The fourth-order valence-corrected chi connectivity index (χ4v) is 1.53. The zero-order chi connectivity index (χ0) is 8.39. The highest BCUT2D eigenvalue weighted by molar-refractivity contribution is 5.45. The lowest BCUT2D eigenvalue weighted by Crippen LogP contribution is -2.20. The number of nitrogens with zero attached hydrogens (tertiary/aromatic N) is 2. The van der Waals surface area contributed by atoms with Crippen molar-refractivity contribution in [3.05, 3.63) is 24.5 Å². The maximum Gasteiger partial charge on any atom is 0.0731 e. The first-order valence-electron chi connectivity index (χ1n) is 4.19. The third kappa shape index (κ3) is 1.41. The van der Waals surface area contributed by atoms with E-state index in [9.17, 15) is 5.11 Å². The quantitative estimate of drug-likeness (QED) is 0.662. The average molecular weight is 164 g/mol. The van der Waals surface area contributed by atoms with Gasteiger partial charge in [0, 0.05) is 31.2 Å². The molecule has 0 aliphatic carbocycles. The fraction of sp³-hybridized carbons (Fsp3) is 0.444. The van der Waals surface area contributed by atoms with Crippen molar-refractivity contribution < 1.29 is 5.11 Å². The summed E-state index contributed by atoms with van der Waals surface area (Å²) in [4.78, 5) is 6.12. The van der Waals surface area contributed by atoms with Crippen LogP contribution in [0.15, 0.2) is 24.5 Å². The molecule has 2 heterocycles. The topological polar surface area (TPSA) is 36.4 Å². The number of hydrogen-bond acceptors (Lipinski definition) is 3. The van der Waals surface area contributed by atoms with Crippen molar-refractivity contribution >= 4 is 5.69 Å². The number of β-amino-alcohol motifs (C(OH)–C–C–N with tert-alkyl or cyclic N) is 1. The lowest BCUT2D eigenvalue weighted by Gasteiger charge is -2.16. The van der Waals surface area contributed by atoms with Crippen molar-refractivity contribution in [3.8, 4) is 0 Å². The minimum absolute atomic E-state index is 0.154. The molecular formula is C9H12N2O. The molecule has 12 heavy (non-hydrogen) atoms. The van der Waals surface area contributed by atoms with E-state index in [1.165, 1.54) is 0 Å². The van der Waals surface area contributed by atoms with Crippen LogP contribution in [0.2, 0.25) is 0 Å². The lowest BCUT2D eigenvalue weighted by atomic mass is 10.3. The molecule has 0 bridgehead atoms. The van der Waals surface area contributed by atoms with Gasteiger partial charge in [-0.15, -0.1) is 0 Å². The summed E-state index contributed by atoms with van der Waals surface area (Å²) in [6, 6.07) is 3.94. The Labute approximate surface area is 71.7 Å². The van der Waals surface area contributed by atoms with Gasteiger partial charge in [-0.1, -0.05) is 0 Å². The maximum atomic E-state index is 9.30. The zero-order valence-corrected chi connectivity index (χ0v) is 6.85. The van der Waals surface area contributed by atoms with E-state index in [1.807, 2.05) is 12.1 Å². The van der Waals surface area contributed by atoms with Crippen molar-refractivity contribution in [1.82, 2.24) is 4.98 Å². The Morgan fingerprint density at radius 2 is 2.17 bits per heavy atom. The molecule has 3 heteroatoms. The molecule has 1 aliphatic rings. The first-order chi connectivity index (χ1) is 5.86. The number of aromatic nitrogens is 1. The number of aliphatic hydroxyl groups is 1. The molecule has 1 atom stereocenters. The van der Waals surface area contributed by atoms with Gasteiger partial charge in [-0.05, 0) is 18.6 Å². The van der Waals surface area contributed by atoms with Crippen LogP contribution in [0.4, 0.5) is 5.69 Å². The Kier molecular flexibility index (Phi) is 1.96. The smallest absolute Gasteiger partial charge is 0.0731 e. The van der Waals surface area contributed by atoms with Gasteiger partial charge < -0.3 is 10.0 Å². The SMILES string of the molecule is O[C@H]1CCN(c2ccncc2)C1. The molecule has 2 rings (SSSR count). The Balaban J connectivity index is 2.11. The summed E-state index contributed by atoms with van der Waals surface area (Å²) in [6.45, 7) is 1.70. The largest absolute Gasteiger partial charge is 0.391 e. The summed E-state index contributed by atoms with van der Waals surface area (Å²) >= 11 is 0. The van der Waals surface area contributed by atoms with Crippen LogP contribution in [0.3, 0.4) is 0 Å². The van der Waals surface area contributed by atoms with Gasteiger partial charge in [0.15, 0.2) is 0 Å². The van der Waals surface area contributed by atoms with Crippen molar-refractivity contribution in [3.63, 3.8) is 0 Å². The Morgan fingerprint density at radius 3 is 2.75 bits per heavy atom. The highest BCUT2D eigenvalue weighted by Crippen LogP contribution is 2.18. The van der Waals surface area contributed by atoms with E-state index in [2.05, 4.69) is 9.88 Å². The molecule has 1 fully saturated rings. The molecule has 0 amide bonds. The van der Waals surface area contributed by atoms with Gasteiger partial charge in [0.2, 0.25) is 0 Å². The fourth-order valence-electron chi connectivity index (χ4n) is 1.53. The van der Waals surface area contributed by atoms with Gasteiger partial charge in [0.05, 0.1) is 6.10 Å². The lowest BCUT2D eigenvalue weighted by molar-refractivity contribution is 0.198. The summed E-state index contributed by atoms with van der Waals surface area (Å²) in [5.74, 6) is 0. The summed E-state index contributed by atoms with van der Waals surface area (Å²) in [5, 5.41) is 9.30. The monoisotopic (exact) mass is 164 g/mol. The van der Waals surface area contributed by atoms with E-state index in [1.54, 1.807) is 12.4 Å². The van der Waals surface area contributed by atoms with Crippen LogP contribution in [0.25, 0.3) is 0 Å². The van der Waals surface area contributed by atoms with Crippen LogP contribution >= 0.6 is 0 Å². The van der Waals surface area contributed by atoms with Crippen molar-refractivity contribution in [1.29, 1.82) is 0 Å². The molecule has 0 unspecified atom stereocenters. The van der Waals surface area contributed by atoms with Crippen LogP contribution in [0.1, 0.15) is 6.42 Å². The minimum atomic E-state index is -0.154. The second-order valence-electron chi connectivity index (χ2n) is 3.09. The standard InChI is InChI=1S/C9H12N2O/c12-9-3-6-11(7-9)8-1-4-10-5-2-8/h1-2,4-5,9,12H,3,6-7H2/t9-/m0/s1. The summed E-state index contributed by atoms with van der Waals surface area (Å²) in [6.07, 6.45) is 4.28. The van der Waals surface area contributed by atoms with Crippen molar-refractivity contribution in [2.45, 2.75) is 12.5 Å². The molecule has 1 aromatic rings. The predicted octanol–water partition coefficient (Wildman–Crippen LogP) is 0.653. The van der Waals surface area contributed by atoms with Crippen LogP contribution < -0.4 is 4.90 Å². The van der Waals surface area contributed by atoms with E-state index in [0.29, 0.717) is 0 Å². The molecule has 0 aromatic carbocycles. The van der Waals surface area contributed by atoms with E-state index in [4.69, 9.17) is 0 Å². The van der Waals surface area contributed by atoms with E-state index >= 15 is 0 Å². The highest BCUT2D eigenvalue weighted by Gasteiger charge is 2.19. The predicted molar refractivity (Wildman–Crippen MR) is 47.1 cm³/mol. The van der Waals surface area contributed by atoms with Gasteiger partial charge >= 0.3 is 0 Å². The molecule has 1 aromatic heterocycles. The van der Waals surface area contributed by atoms with Gasteiger partial charge in [-0.3, -0.25) is 4.98 Å². The summed E-state index contributed by atoms with van der Waals surface area (Å²) in [5.41, 5.74) is 1.15. The van der Waals surface area contributed by atoms with E-state index in [0.717, 1.165) is 25.2 Å². The first-order valence-corrected chi connectivity index (χ1v) is 4.19.